The van der Waals surface area contributed by atoms with Crippen molar-refractivity contribution in [1.29, 1.82) is 5.26 Å². The molecule has 2 aromatic heterocycles. The summed E-state index contributed by atoms with van der Waals surface area (Å²) in [4.78, 5) is 31.3. The van der Waals surface area contributed by atoms with Crippen LogP contribution in [0.2, 0.25) is 5.02 Å². The van der Waals surface area contributed by atoms with E-state index in [9.17, 15) is 14.9 Å². The Bertz CT molecular complexity index is 1030. The summed E-state index contributed by atoms with van der Waals surface area (Å²) in [6.45, 7) is 1.77. The van der Waals surface area contributed by atoms with Crippen LogP contribution in [0.25, 0.3) is 10.9 Å². The summed E-state index contributed by atoms with van der Waals surface area (Å²) in [5.41, 5.74) is 0.821. The van der Waals surface area contributed by atoms with Gasteiger partial charge in [0, 0.05) is 11.2 Å². The molecule has 1 atom stereocenters. The molecule has 1 N–H and O–H groups in total. The van der Waals surface area contributed by atoms with Crippen LogP contribution in [-0.2, 0) is 11.3 Å². The number of H-pyrrole nitrogens is 1. The van der Waals surface area contributed by atoms with Crippen LogP contribution in [0, 0.1) is 18.3 Å². The normalized spacial score (nSPS) is 12.0. The number of nitriles is 1. The fourth-order valence-corrected chi connectivity index (χ4v) is 2.52. The number of hydrogen-bond donors (Lipinski definition) is 1. The average molecular weight is 342 g/mol. The molecule has 3 aromatic rings. The summed E-state index contributed by atoms with van der Waals surface area (Å²) in [6.07, 6.45) is 3.31. The molecule has 0 fully saturated rings. The van der Waals surface area contributed by atoms with E-state index >= 15 is 0 Å². The molecule has 0 spiro atoms. The number of nitrogens with zero attached hydrogens (tertiary/aromatic N) is 4. The van der Waals surface area contributed by atoms with Crippen molar-refractivity contribution >= 4 is 28.3 Å². The number of carbonyl (C=O) groups is 1. The second-order valence-corrected chi connectivity index (χ2v) is 5.79. The monoisotopic (exact) mass is 341 g/mol. The molecule has 24 heavy (non-hydrogen) atoms. The van der Waals surface area contributed by atoms with E-state index in [1.165, 1.54) is 10.7 Å². The van der Waals surface area contributed by atoms with Crippen LogP contribution < -0.4 is 5.56 Å². The Morgan fingerprint density at radius 1 is 1.50 bits per heavy atom. The summed E-state index contributed by atoms with van der Waals surface area (Å²) >= 11 is 5.91. The van der Waals surface area contributed by atoms with E-state index in [1.54, 1.807) is 24.5 Å². The highest BCUT2D eigenvalue weighted by atomic mass is 35.5. The molecule has 0 saturated carbocycles. The van der Waals surface area contributed by atoms with Gasteiger partial charge in [0.1, 0.15) is 12.4 Å². The van der Waals surface area contributed by atoms with Gasteiger partial charge >= 0.3 is 0 Å². The van der Waals surface area contributed by atoms with E-state index in [4.69, 9.17) is 11.6 Å². The lowest BCUT2D eigenvalue weighted by molar-refractivity contribution is -0.120. The largest absolute Gasteiger partial charge is 0.308 e. The highest BCUT2D eigenvalue weighted by Crippen LogP contribution is 2.18. The third-order valence-corrected chi connectivity index (χ3v) is 3.73. The molecule has 0 saturated heterocycles. The van der Waals surface area contributed by atoms with Gasteiger partial charge in [-0.05, 0) is 30.7 Å². The predicted octanol–water partition coefficient (Wildman–Crippen LogP) is 1.96. The fraction of sp³-hybridized carbons (Fsp3) is 0.188. The van der Waals surface area contributed by atoms with Crippen LogP contribution in [0.3, 0.4) is 0 Å². The maximum Gasteiger partial charge on any atom is 0.258 e. The number of aromatic nitrogens is 4. The molecule has 8 heteroatoms. The zero-order chi connectivity index (χ0) is 17.3. The number of aromatic amines is 1. The molecule has 0 aliphatic rings. The van der Waals surface area contributed by atoms with Crippen molar-refractivity contribution in [3.8, 4) is 6.07 Å². The Hall–Kier alpha value is -2.98. The van der Waals surface area contributed by atoms with Crippen LogP contribution in [0.15, 0.2) is 35.4 Å². The lowest BCUT2D eigenvalue weighted by Gasteiger charge is -2.09. The van der Waals surface area contributed by atoms with Gasteiger partial charge in [-0.3, -0.25) is 14.3 Å². The van der Waals surface area contributed by atoms with Gasteiger partial charge in [0.15, 0.2) is 11.7 Å². The van der Waals surface area contributed by atoms with Crippen LogP contribution in [-0.4, -0.2) is 25.5 Å². The lowest BCUT2D eigenvalue weighted by atomic mass is 10.0. The van der Waals surface area contributed by atoms with Crippen LogP contribution in [0.4, 0.5) is 0 Å². The highest BCUT2D eigenvalue weighted by Gasteiger charge is 2.24. The molecule has 7 nitrogen and oxygen atoms in total. The van der Waals surface area contributed by atoms with Gasteiger partial charge in [0.05, 0.1) is 23.2 Å². The van der Waals surface area contributed by atoms with Crippen molar-refractivity contribution in [3.05, 3.63) is 57.4 Å². The first-order valence-corrected chi connectivity index (χ1v) is 7.46. The second-order valence-electron chi connectivity index (χ2n) is 5.36. The van der Waals surface area contributed by atoms with E-state index < -0.39 is 17.3 Å². The van der Waals surface area contributed by atoms with E-state index in [0.29, 0.717) is 15.9 Å². The van der Waals surface area contributed by atoms with Crippen LogP contribution in [0.5, 0.6) is 0 Å². The lowest BCUT2D eigenvalue weighted by Crippen LogP contribution is -2.23. The summed E-state index contributed by atoms with van der Waals surface area (Å²) in [7, 11) is 0. The Labute approximate surface area is 141 Å². The fourth-order valence-electron chi connectivity index (χ4n) is 2.36. The molecule has 3 rings (SSSR count). The van der Waals surface area contributed by atoms with Gasteiger partial charge < -0.3 is 4.98 Å². The zero-order valence-corrected chi connectivity index (χ0v) is 13.4. The standard InChI is InChI=1S/C16H12ClN5O2/c1-9-6-19-22(7-9)8-14(23)12(5-18)15-20-13-4-10(17)2-3-11(13)16(24)21-15/h2-4,6-7,12H,8H2,1H3,(H,20,21,24)/t12-/m0/s1. The Balaban J connectivity index is 1.98. The predicted molar refractivity (Wildman–Crippen MR) is 87.7 cm³/mol. The van der Waals surface area contributed by atoms with Gasteiger partial charge in [-0.1, -0.05) is 11.6 Å². The van der Waals surface area contributed by atoms with Crippen LogP contribution >= 0.6 is 11.6 Å². The average Bonchev–Trinajstić information content (AvgIpc) is 2.92. The van der Waals surface area contributed by atoms with E-state index in [-0.39, 0.29) is 12.4 Å². The number of nitrogens with one attached hydrogen (secondary N) is 1. The van der Waals surface area contributed by atoms with Crippen molar-refractivity contribution in [2.24, 2.45) is 0 Å². The molecule has 120 valence electrons. The molecule has 0 amide bonds. The number of hydrogen-bond acceptors (Lipinski definition) is 5. The van der Waals surface area contributed by atoms with Crippen molar-refractivity contribution in [3.63, 3.8) is 0 Å². The van der Waals surface area contributed by atoms with Crippen molar-refractivity contribution in [2.75, 3.05) is 0 Å². The Morgan fingerprint density at radius 2 is 2.29 bits per heavy atom. The second kappa shape index (κ2) is 6.26. The molecule has 0 radical (unpaired) electrons. The number of rotatable bonds is 4. The number of benzene rings is 1. The molecule has 0 aliphatic carbocycles. The van der Waals surface area contributed by atoms with Gasteiger partial charge in [0.2, 0.25) is 0 Å². The minimum absolute atomic E-state index is 0.00569. The van der Waals surface area contributed by atoms with Gasteiger partial charge in [0.25, 0.3) is 5.56 Å². The molecule has 0 unspecified atom stereocenters. The number of halogens is 1. The van der Waals surface area contributed by atoms with Crippen LogP contribution in [0.1, 0.15) is 17.3 Å². The number of ketones is 1. The Kier molecular flexibility index (Phi) is 4.15. The first-order valence-electron chi connectivity index (χ1n) is 7.09. The minimum Gasteiger partial charge on any atom is -0.308 e. The Morgan fingerprint density at radius 3 is 2.96 bits per heavy atom. The van der Waals surface area contributed by atoms with Crippen molar-refractivity contribution < 1.29 is 4.79 Å². The molecular weight excluding hydrogens is 330 g/mol. The third kappa shape index (κ3) is 3.05. The number of aryl methyl sites for hydroxylation is 1. The third-order valence-electron chi connectivity index (χ3n) is 3.49. The maximum atomic E-state index is 12.4. The molecule has 2 heterocycles. The topological polar surface area (TPSA) is 104 Å². The summed E-state index contributed by atoms with van der Waals surface area (Å²) in [5.74, 6) is -1.60. The molecular formula is C16H12ClN5O2. The van der Waals surface area contributed by atoms with E-state index in [1.807, 2.05) is 13.0 Å². The molecule has 0 aliphatic heterocycles. The number of Topliss-reactive ketones (excluding diaryl/α,β-unsaturated/α-hetero) is 1. The SMILES string of the molecule is Cc1cnn(CC(=O)[C@H](C#N)c2nc3cc(Cl)ccc3c(=O)[nH]2)c1. The van der Waals surface area contributed by atoms with Crippen molar-refractivity contribution in [2.45, 2.75) is 19.4 Å². The first-order chi connectivity index (χ1) is 11.5. The smallest absolute Gasteiger partial charge is 0.258 e. The first kappa shape index (κ1) is 15.9. The van der Waals surface area contributed by atoms with Gasteiger partial charge in [-0.2, -0.15) is 10.4 Å². The minimum atomic E-state index is -1.19. The summed E-state index contributed by atoms with van der Waals surface area (Å²) < 4.78 is 1.44. The summed E-state index contributed by atoms with van der Waals surface area (Å²) in [6, 6.07) is 6.54. The number of fused-ring (bicyclic) bond motifs is 1. The van der Waals surface area contributed by atoms with E-state index in [2.05, 4.69) is 15.1 Å². The maximum absolute atomic E-state index is 12.4. The summed E-state index contributed by atoms with van der Waals surface area (Å²) in [5, 5.41) is 14.1. The van der Waals surface area contributed by atoms with Crippen molar-refractivity contribution in [1.82, 2.24) is 19.7 Å². The highest BCUT2D eigenvalue weighted by molar-refractivity contribution is 6.31. The van der Waals surface area contributed by atoms with Gasteiger partial charge in [-0.15, -0.1) is 0 Å². The zero-order valence-electron chi connectivity index (χ0n) is 12.7. The molecule has 1 aromatic carbocycles. The van der Waals surface area contributed by atoms with E-state index in [0.717, 1.165) is 5.56 Å². The van der Waals surface area contributed by atoms with Gasteiger partial charge in [-0.25, -0.2) is 4.98 Å². The number of carbonyl (C=O) groups excluding carboxylic acids is 1. The quantitative estimate of drug-likeness (QED) is 0.781. The molecule has 0 bridgehead atoms.